The molecule has 0 saturated carbocycles. The number of ether oxygens (including phenoxy) is 1. The van der Waals surface area contributed by atoms with Crippen molar-refractivity contribution in [1.29, 1.82) is 0 Å². The predicted molar refractivity (Wildman–Crippen MR) is 78.4 cm³/mol. The van der Waals surface area contributed by atoms with Crippen molar-refractivity contribution in [1.82, 2.24) is 5.32 Å². The van der Waals surface area contributed by atoms with E-state index in [2.05, 4.69) is 5.32 Å². The molecule has 2 rings (SSSR count). The first kappa shape index (κ1) is 15.5. The Labute approximate surface area is 126 Å². The van der Waals surface area contributed by atoms with Gasteiger partial charge in [0.25, 0.3) is 5.91 Å². The van der Waals surface area contributed by atoms with Gasteiger partial charge in [-0.3, -0.25) is 9.59 Å². The Morgan fingerprint density at radius 1 is 1.09 bits per heavy atom. The molecular weight excluding hydrogens is 287 g/mol. The highest BCUT2D eigenvalue weighted by Crippen LogP contribution is 2.15. The second-order valence-corrected chi connectivity index (χ2v) is 4.53. The molecule has 0 radical (unpaired) electrons. The Morgan fingerprint density at radius 2 is 1.73 bits per heavy atom. The maximum absolute atomic E-state index is 13.4. The molecule has 0 saturated heterocycles. The number of amides is 2. The average Bonchev–Trinajstić information content (AvgIpc) is 2.52. The molecule has 1 atom stereocenters. The van der Waals surface area contributed by atoms with Gasteiger partial charge in [0, 0.05) is 0 Å². The lowest BCUT2D eigenvalue weighted by atomic mass is 10.1. The number of hydrogen-bond donors (Lipinski definition) is 2. The third-order valence-electron chi connectivity index (χ3n) is 2.92. The zero-order valence-electron chi connectivity index (χ0n) is 11.7. The van der Waals surface area contributed by atoms with Gasteiger partial charge in [-0.25, -0.2) is 4.39 Å². The van der Waals surface area contributed by atoms with Crippen LogP contribution in [0.3, 0.4) is 0 Å². The quantitative estimate of drug-likeness (QED) is 0.849. The molecule has 1 unspecified atom stereocenters. The van der Waals surface area contributed by atoms with Crippen LogP contribution in [-0.4, -0.2) is 18.4 Å². The Balaban J connectivity index is 1.98. The van der Waals surface area contributed by atoms with Crippen LogP contribution in [0.2, 0.25) is 0 Å². The third kappa shape index (κ3) is 4.05. The Kier molecular flexibility index (Phi) is 5.08. The van der Waals surface area contributed by atoms with E-state index in [9.17, 15) is 14.0 Å². The molecule has 114 valence electrons. The molecule has 2 aromatic rings. The van der Waals surface area contributed by atoms with Crippen LogP contribution < -0.4 is 15.8 Å². The number of carbonyl (C=O) groups is 2. The molecule has 22 heavy (non-hydrogen) atoms. The molecule has 0 bridgehead atoms. The van der Waals surface area contributed by atoms with Crippen LogP contribution in [0.25, 0.3) is 0 Å². The summed E-state index contributed by atoms with van der Waals surface area (Å²) in [5.74, 6) is -1.86. The van der Waals surface area contributed by atoms with Crippen molar-refractivity contribution in [3.63, 3.8) is 0 Å². The van der Waals surface area contributed by atoms with Gasteiger partial charge in [-0.15, -0.1) is 0 Å². The minimum Gasteiger partial charge on any atom is -0.481 e. The van der Waals surface area contributed by atoms with Gasteiger partial charge < -0.3 is 15.8 Å². The van der Waals surface area contributed by atoms with E-state index < -0.39 is 30.3 Å². The van der Waals surface area contributed by atoms with Crippen LogP contribution in [0.4, 0.5) is 4.39 Å². The van der Waals surface area contributed by atoms with Crippen LogP contribution in [0.15, 0.2) is 54.6 Å². The van der Waals surface area contributed by atoms with Crippen molar-refractivity contribution < 1.29 is 18.7 Å². The van der Waals surface area contributed by atoms with Gasteiger partial charge in [0.05, 0.1) is 0 Å². The number of carbonyl (C=O) groups excluding carboxylic acids is 2. The summed E-state index contributed by atoms with van der Waals surface area (Å²) in [4.78, 5) is 23.3. The zero-order valence-corrected chi connectivity index (χ0v) is 11.7. The van der Waals surface area contributed by atoms with Crippen molar-refractivity contribution in [2.45, 2.75) is 6.04 Å². The topological polar surface area (TPSA) is 81.4 Å². The smallest absolute Gasteiger partial charge is 0.258 e. The van der Waals surface area contributed by atoms with E-state index in [4.69, 9.17) is 10.5 Å². The molecule has 0 fully saturated rings. The van der Waals surface area contributed by atoms with Gasteiger partial charge in [0.1, 0.15) is 6.04 Å². The average molecular weight is 302 g/mol. The summed E-state index contributed by atoms with van der Waals surface area (Å²) >= 11 is 0. The minimum atomic E-state index is -0.960. The van der Waals surface area contributed by atoms with E-state index in [0.29, 0.717) is 5.56 Å². The maximum atomic E-state index is 13.4. The summed E-state index contributed by atoms with van der Waals surface area (Å²) in [6.45, 7) is -0.419. The Morgan fingerprint density at radius 3 is 2.36 bits per heavy atom. The first-order valence-electron chi connectivity index (χ1n) is 6.59. The lowest BCUT2D eigenvalue weighted by Gasteiger charge is -2.16. The minimum absolute atomic E-state index is 0.0343. The number of nitrogens with one attached hydrogen (secondary N) is 1. The van der Waals surface area contributed by atoms with Crippen LogP contribution in [0, 0.1) is 5.82 Å². The largest absolute Gasteiger partial charge is 0.481 e. The molecule has 2 aromatic carbocycles. The van der Waals surface area contributed by atoms with Crippen molar-refractivity contribution >= 4 is 11.8 Å². The second kappa shape index (κ2) is 7.21. The van der Waals surface area contributed by atoms with Crippen molar-refractivity contribution in [3.05, 3.63) is 66.0 Å². The van der Waals surface area contributed by atoms with Gasteiger partial charge in [0.2, 0.25) is 5.91 Å². The van der Waals surface area contributed by atoms with Gasteiger partial charge in [-0.1, -0.05) is 42.5 Å². The number of para-hydroxylation sites is 1. The van der Waals surface area contributed by atoms with Crippen LogP contribution >= 0.6 is 0 Å². The summed E-state index contributed by atoms with van der Waals surface area (Å²) in [5, 5.41) is 2.46. The molecule has 0 aliphatic heterocycles. The fraction of sp³-hybridized carbons (Fsp3) is 0.125. The summed E-state index contributed by atoms with van der Waals surface area (Å²) < 4.78 is 18.4. The fourth-order valence-corrected chi connectivity index (χ4v) is 1.87. The number of nitrogens with two attached hydrogens (primary N) is 1. The van der Waals surface area contributed by atoms with Gasteiger partial charge in [-0.05, 0) is 17.7 Å². The summed E-state index contributed by atoms with van der Waals surface area (Å²) in [6, 6.07) is 13.4. The van der Waals surface area contributed by atoms with E-state index in [-0.39, 0.29) is 5.75 Å². The molecule has 5 nitrogen and oxygen atoms in total. The summed E-state index contributed by atoms with van der Waals surface area (Å²) in [5.41, 5.74) is 5.86. The van der Waals surface area contributed by atoms with Crippen LogP contribution in [0.5, 0.6) is 5.75 Å². The molecule has 0 spiro atoms. The molecule has 3 N–H and O–H groups in total. The molecule has 0 aromatic heterocycles. The van der Waals surface area contributed by atoms with Gasteiger partial charge in [0.15, 0.2) is 18.2 Å². The van der Waals surface area contributed by atoms with Gasteiger partial charge >= 0.3 is 0 Å². The number of benzene rings is 2. The van der Waals surface area contributed by atoms with E-state index in [0.717, 1.165) is 0 Å². The molecule has 0 heterocycles. The Hall–Kier alpha value is -2.89. The predicted octanol–water partition coefficient (Wildman–Crippen LogP) is 1.55. The van der Waals surface area contributed by atoms with Gasteiger partial charge in [-0.2, -0.15) is 0 Å². The highest BCUT2D eigenvalue weighted by atomic mass is 19.1. The number of primary amides is 1. The number of rotatable bonds is 6. The fourth-order valence-electron chi connectivity index (χ4n) is 1.87. The van der Waals surface area contributed by atoms with E-state index in [1.807, 2.05) is 0 Å². The van der Waals surface area contributed by atoms with Crippen LogP contribution in [-0.2, 0) is 9.59 Å². The molecule has 0 aliphatic rings. The van der Waals surface area contributed by atoms with Crippen molar-refractivity contribution in [3.8, 4) is 5.75 Å². The third-order valence-corrected chi connectivity index (χ3v) is 2.92. The molecule has 2 amide bonds. The highest BCUT2D eigenvalue weighted by molar-refractivity contribution is 5.88. The van der Waals surface area contributed by atoms with E-state index in [1.165, 1.54) is 18.2 Å². The standard InChI is InChI=1S/C16H15FN2O3/c17-12-8-4-5-9-13(12)22-10-14(20)19-15(16(18)21)11-6-2-1-3-7-11/h1-9,15H,10H2,(H2,18,21)(H,19,20). The number of halogens is 1. The SMILES string of the molecule is NC(=O)C(NC(=O)COc1ccccc1F)c1ccccc1. The van der Waals surface area contributed by atoms with Crippen LogP contribution in [0.1, 0.15) is 11.6 Å². The molecular formula is C16H15FN2O3. The maximum Gasteiger partial charge on any atom is 0.258 e. The first-order chi connectivity index (χ1) is 10.6. The van der Waals surface area contributed by atoms with Crippen molar-refractivity contribution in [2.24, 2.45) is 5.73 Å². The van der Waals surface area contributed by atoms with E-state index >= 15 is 0 Å². The first-order valence-corrected chi connectivity index (χ1v) is 6.59. The Bertz CT molecular complexity index is 661. The molecule has 0 aliphatic carbocycles. The summed E-state index contributed by atoms with van der Waals surface area (Å²) in [7, 11) is 0. The second-order valence-electron chi connectivity index (χ2n) is 4.53. The van der Waals surface area contributed by atoms with E-state index in [1.54, 1.807) is 36.4 Å². The zero-order chi connectivity index (χ0) is 15.9. The monoisotopic (exact) mass is 302 g/mol. The molecule has 6 heteroatoms. The normalized spacial score (nSPS) is 11.5. The lowest BCUT2D eigenvalue weighted by molar-refractivity contribution is -0.128. The highest BCUT2D eigenvalue weighted by Gasteiger charge is 2.20. The lowest BCUT2D eigenvalue weighted by Crippen LogP contribution is -2.39. The number of hydrogen-bond acceptors (Lipinski definition) is 3. The summed E-state index contributed by atoms with van der Waals surface area (Å²) in [6.07, 6.45) is 0. The van der Waals surface area contributed by atoms with Crippen molar-refractivity contribution in [2.75, 3.05) is 6.61 Å².